The fraction of sp³-hybridized carbons (Fsp3) is 1.00. The first kappa shape index (κ1) is 8.89. The maximum atomic E-state index is 3.35. The molecular formula is C7H18FN. The van der Waals surface area contributed by atoms with Crippen LogP contribution in [0.15, 0.2) is 0 Å². The third-order valence-corrected chi connectivity index (χ3v) is 2.04. The van der Waals surface area contributed by atoms with Crippen LogP contribution in [0.2, 0.25) is 0 Å². The fourth-order valence-electron chi connectivity index (χ4n) is 1.25. The van der Waals surface area contributed by atoms with E-state index in [-0.39, 0.29) is 6.13 Å². The Labute approximate surface area is 57.7 Å². The van der Waals surface area contributed by atoms with Crippen molar-refractivity contribution in [3.05, 3.63) is 0 Å². The van der Waals surface area contributed by atoms with Gasteiger partial charge in [0, 0.05) is 1.43 Å². The summed E-state index contributed by atoms with van der Waals surface area (Å²) in [4.78, 5) is 0. The Morgan fingerprint density at radius 3 is 2.44 bits per heavy atom. The number of nitrogens with one attached hydrogen (secondary N) is 1. The van der Waals surface area contributed by atoms with E-state index < -0.39 is 0 Å². The van der Waals surface area contributed by atoms with E-state index in [4.69, 9.17) is 0 Å². The second-order valence-electron chi connectivity index (χ2n) is 3.00. The molecule has 1 rings (SSSR count). The van der Waals surface area contributed by atoms with Gasteiger partial charge in [-0.1, -0.05) is 13.8 Å². The van der Waals surface area contributed by atoms with Crippen molar-refractivity contribution >= 4 is 0 Å². The number of hydrogen-bond donors (Lipinski definition) is 1. The standard InChI is InChI=1S/C7H15N.FH.H2/c1-6(2)7-3-4-8-5-7;;/h6-8H,3-5H2,1-2H3;2*1H. The first-order valence-electron chi connectivity index (χ1n) is 3.51. The number of rotatable bonds is 1. The van der Waals surface area contributed by atoms with Crippen LogP contribution in [0, 0.1) is 11.8 Å². The summed E-state index contributed by atoms with van der Waals surface area (Å²) in [6.45, 7) is 7.09. The predicted molar refractivity (Wildman–Crippen MR) is 40.4 cm³/mol. The molecule has 58 valence electrons. The zero-order valence-electron chi connectivity index (χ0n) is 6.18. The van der Waals surface area contributed by atoms with Crippen molar-refractivity contribution in [1.82, 2.24) is 5.32 Å². The van der Waals surface area contributed by atoms with Crippen molar-refractivity contribution in [2.45, 2.75) is 20.3 Å². The van der Waals surface area contributed by atoms with Crippen molar-refractivity contribution in [1.29, 1.82) is 0 Å². The van der Waals surface area contributed by atoms with Crippen LogP contribution in [-0.4, -0.2) is 13.1 Å². The maximum absolute atomic E-state index is 3.35. The normalized spacial score (nSPS) is 26.3. The van der Waals surface area contributed by atoms with Gasteiger partial charge in [0.1, 0.15) is 0 Å². The minimum absolute atomic E-state index is 0. The number of hydrogen-bond acceptors (Lipinski definition) is 1. The summed E-state index contributed by atoms with van der Waals surface area (Å²) in [7, 11) is 0. The van der Waals surface area contributed by atoms with Gasteiger partial charge >= 0.3 is 0 Å². The molecule has 0 aromatic rings. The quantitative estimate of drug-likeness (QED) is 0.576. The van der Waals surface area contributed by atoms with Gasteiger partial charge in [-0.15, -0.1) is 0 Å². The van der Waals surface area contributed by atoms with Gasteiger partial charge in [0.05, 0.1) is 0 Å². The highest BCUT2D eigenvalue weighted by atomic mass is 19.0. The lowest BCUT2D eigenvalue weighted by Crippen LogP contribution is -2.12. The largest absolute Gasteiger partial charge is 0.316 e. The Bertz CT molecular complexity index is 72.0. The molecule has 1 aliphatic heterocycles. The van der Waals surface area contributed by atoms with E-state index >= 15 is 0 Å². The van der Waals surface area contributed by atoms with E-state index in [2.05, 4.69) is 19.2 Å². The molecule has 1 aliphatic rings. The third kappa shape index (κ3) is 2.31. The highest BCUT2D eigenvalue weighted by Crippen LogP contribution is 2.16. The predicted octanol–water partition coefficient (Wildman–Crippen LogP) is 1.65. The SMILES string of the molecule is CC(C)C1CCNC1.F.[HH]. The van der Waals surface area contributed by atoms with Crippen LogP contribution in [0.5, 0.6) is 0 Å². The lowest BCUT2D eigenvalue weighted by atomic mass is 9.96. The van der Waals surface area contributed by atoms with Crippen LogP contribution in [0.25, 0.3) is 0 Å². The smallest absolute Gasteiger partial charge is 0 e. The second-order valence-corrected chi connectivity index (χ2v) is 3.00. The molecule has 9 heavy (non-hydrogen) atoms. The molecule has 1 unspecified atom stereocenters. The molecular weight excluding hydrogens is 117 g/mol. The fourth-order valence-corrected chi connectivity index (χ4v) is 1.25. The molecule has 0 aliphatic carbocycles. The Morgan fingerprint density at radius 1 is 1.56 bits per heavy atom. The van der Waals surface area contributed by atoms with Gasteiger partial charge in [-0.25, -0.2) is 0 Å². The summed E-state index contributed by atoms with van der Waals surface area (Å²) in [6, 6.07) is 0. The van der Waals surface area contributed by atoms with Crippen molar-refractivity contribution in [2.75, 3.05) is 13.1 Å². The Kier molecular flexibility index (Phi) is 3.78. The minimum atomic E-state index is 0. The van der Waals surface area contributed by atoms with Gasteiger partial charge in [-0.2, -0.15) is 0 Å². The van der Waals surface area contributed by atoms with Gasteiger partial charge in [0.15, 0.2) is 0 Å². The molecule has 1 fully saturated rings. The Hall–Kier alpha value is -0.110. The molecule has 1 N–H and O–H groups in total. The lowest BCUT2D eigenvalue weighted by Gasteiger charge is -2.10. The molecule has 1 saturated heterocycles. The maximum Gasteiger partial charge on any atom is 0 e. The van der Waals surface area contributed by atoms with E-state index in [9.17, 15) is 0 Å². The summed E-state index contributed by atoms with van der Waals surface area (Å²) in [6.07, 6.45) is 1.39. The zero-order valence-corrected chi connectivity index (χ0v) is 6.18. The molecule has 0 bridgehead atoms. The molecule has 0 amide bonds. The minimum Gasteiger partial charge on any atom is -0.316 e. The highest BCUT2D eigenvalue weighted by Gasteiger charge is 2.16. The van der Waals surface area contributed by atoms with Gasteiger partial charge < -0.3 is 5.32 Å². The Balaban J connectivity index is 0. The van der Waals surface area contributed by atoms with Crippen molar-refractivity contribution in [2.24, 2.45) is 11.8 Å². The molecule has 1 nitrogen and oxygen atoms in total. The molecule has 0 saturated carbocycles. The van der Waals surface area contributed by atoms with E-state index in [1.54, 1.807) is 0 Å². The first-order chi connectivity index (χ1) is 3.80. The summed E-state index contributed by atoms with van der Waals surface area (Å²) in [5.74, 6) is 1.83. The number of halogens is 1. The summed E-state index contributed by atoms with van der Waals surface area (Å²) >= 11 is 0. The average Bonchev–Trinajstić information content (AvgIpc) is 2.12. The summed E-state index contributed by atoms with van der Waals surface area (Å²) < 4.78 is 0. The monoisotopic (exact) mass is 135 g/mol. The van der Waals surface area contributed by atoms with E-state index in [0.29, 0.717) is 0 Å². The van der Waals surface area contributed by atoms with Crippen molar-refractivity contribution < 1.29 is 6.13 Å². The molecule has 0 aromatic heterocycles. The summed E-state index contributed by atoms with van der Waals surface area (Å²) in [5.41, 5.74) is 0. The molecule has 0 aromatic carbocycles. The van der Waals surface area contributed by atoms with Gasteiger partial charge in [-0.05, 0) is 31.3 Å². The molecule has 0 spiro atoms. The lowest BCUT2D eigenvalue weighted by molar-refractivity contribution is 0.419. The van der Waals surface area contributed by atoms with Gasteiger partial charge in [0.25, 0.3) is 0 Å². The van der Waals surface area contributed by atoms with Crippen molar-refractivity contribution in [3.8, 4) is 0 Å². The first-order valence-corrected chi connectivity index (χ1v) is 3.51. The van der Waals surface area contributed by atoms with E-state index in [0.717, 1.165) is 11.8 Å². The van der Waals surface area contributed by atoms with Crippen molar-refractivity contribution in [3.63, 3.8) is 0 Å². The van der Waals surface area contributed by atoms with Crippen LogP contribution < -0.4 is 5.32 Å². The summed E-state index contributed by atoms with van der Waals surface area (Å²) in [5, 5.41) is 3.35. The molecule has 1 atom stereocenters. The molecule has 2 heteroatoms. The highest BCUT2D eigenvalue weighted by molar-refractivity contribution is 4.72. The molecule has 0 radical (unpaired) electrons. The van der Waals surface area contributed by atoms with Gasteiger partial charge in [-0.3, -0.25) is 4.70 Å². The van der Waals surface area contributed by atoms with Crippen LogP contribution >= 0.6 is 0 Å². The van der Waals surface area contributed by atoms with Gasteiger partial charge in [0.2, 0.25) is 0 Å². The Morgan fingerprint density at radius 2 is 2.22 bits per heavy atom. The third-order valence-electron chi connectivity index (χ3n) is 2.04. The van der Waals surface area contributed by atoms with E-state index in [1.807, 2.05) is 0 Å². The van der Waals surface area contributed by atoms with Crippen LogP contribution in [0.4, 0.5) is 4.70 Å². The van der Waals surface area contributed by atoms with Crippen LogP contribution in [0.1, 0.15) is 21.7 Å². The van der Waals surface area contributed by atoms with E-state index in [1.165, 1.54) is 19.5 Å². The van der Waals surface area contributed by atoms with Crippen LogP contribution in [0.3, 0.4) is 0 Å². The average molecular weight is 135 g/mol. The molecule has 1 heterocycles. The second kappa shape index (κ2) is 3.83. The zero-order chi connectivity index (χ0) is 5.98. The van der Waals surface area contributed by atoms with Crippen LogP contribution in [-0.2, 0) is 0 Å². The topological polar surface area (TPSA) is 12.0 Å².